The van der Waals surface area contributed by atoms with E-state index in [9.17, 15) is 0 Å². The summed E-state index contributed by atoms with van der Waals surface area (Å²) >= 11 is 0. The minimum absolute atomic E-state index is 0. The summed E-state index contributed by atoms with van der Waals surface area (Å²) in [6.45, 7) is 8.48. The van der Waals surface area contributed by atoms with Crippen LogP contribution in [0.2, 0.25) is 0 Å². The third-order valence-electron chi connectivity index (χ3n) is 2.20. The van der Waals surface area contributed by atoms with Crippen LogP contribution in [-0.4, -0.2) is 0 Å². The maximum absolute atomic E-state index is 8.78. The number of rotatable bonds is 3. The predicted molar refractivity (Wildman–Crippen MR) is 69.5 cm³/mol. The first kappa shape index (κ1) is 18.7. The van der Waals surface area contributed by atoms with Crippen LogP contribution in [0.15, 0.2) is 43.0 Å². The van der Waals surface area contributed by atoms with Crippen LogP contribution in [0, 0.1) is 35.5 Å². The topological polar surface area (TPSA) is 47.6 Å². The first-order valence-electron chi connectivity index (χ1n) is 5.37. The first-order valence-corrected chi connectivity index (χ1v) is 5.37. The molecule has 0 bridgehead atoms. The van der Waals surface area contributed by atoms with E-state index in [0.29, 0.717) is 5.92 Å². The van der Waals surface area contributed by atoms with Gasteiger partial charge in [-0.3, -0.25) is 0 Å². The molecule has 3 heteroatoms. The Morgan fingerprint density at radius 3 is 2.11 bits per heavy atom. The van der Waals surface area contributed by atoms with Crippen LogP contribution >= 0.6 is 0 Å². The molecule has 0 aliphatic heterocycles. The molecule has 0 heterocycles. The molecule has 0 spiro atoms. The van der Waals surface area contributed by atoms with E-state index in [2.05, 4.69) is 13.5 Å². The second kappa shape index (κ2) is 11.8. The van der Waals surface area contributed by atoms with E-state index in [4.69, 9.17) is 10.5 Å². The zero-order valence-electron chi connectivity index (χ0n) is 10.4. The molecule has 1 rings (SSSR count). The zero-order chi connectivity index (χ0) is 13.1. The Morgan fingerprint density at radius 2 is 1.78 bits per heavy atom. The molecule has 0 radical (unpaired) electrons. The van der Waals surface area contributed by atoms with Crippen molar-refractivity contribution in [3.8, 4) is 12.1 Å². The molecule has 1 aromatic rings. The van der Waals surface area contributed by atoms with Gasteiger partial charge in [0.05, 0.1) is 0 Å². The number of benzene rings is 1. The van der Waals surface area contributed by atoms with Gasteiger partial charge in [0.2, 0.25) is 0 Å². The SMILES string of the molecule is C=C[CH2-].CCC(c1ccccc1)[C-](C#N)C#N.[Pd+2]. The van der Waals surface area contributed by atoms with Crippen molar-refractivity contribution in [2.45, 2.75) is 19.3 Å². The van der Waals surface area contributed by atoms with E-state index < -0.39 is 0 Å². The van der Waals surface area contributed by atoms with Crippen molar-refractivity contribution in [2.75, 3.05) is 0 Å². The van der Waals surface area contributed by atoms with Crippen molar-refractivity contribution < 1.29 is 20.4 Å². The molecule has 0 aliphatic carbocycles. The maximum atomic E-state index is 8.78. The quantitative estimate of drug-likeness (QED) is 0.625. The third kappa shape index (κ3) is 6.17. The molecule has 2 nitrogen and oxygen atoms in total. The van der Waals surface area contributed by atoms with Gasteiger partial charge in [0.1, 0.15) is 0 Å². The zero-order valence-corrected chi connectivity index (χ0v) is 11.9. The first-order chi connectivity index (χ1) is 8.24. The van der Waals surface area contributed by atoms with Crippen molar-refractivity contribution in [3.05, 3.63) is 61.4 Å². The van der Waals surface area contributed by atoms with E-state index >= 15 is 0 Å². The standard InChI is InChI=1S/C12H11N2.C3H5.Pd/c1-2-12(11(8-13)9-14)10-6-4-3-5-7-10;1-3-2;/h3-7,12H,2H2,1H3;3H,1-2H2;/q2*-1;+2. The summed E-state index contributed by atoms with van der Waals surface area (Å²) in [5.41, 5.74) is 1.04. The van der Waals surface area contributed by atoms with Gasteiger partial charge in [0.15, 0.2) is 0 Å². The smallest absolute Gasteiger partial charge is 0.245 e. The molecule has 0 amide bonds. The van der Waals surface area contributed by atoms with Gasteiger partial charge in [0, 0.05) is 0 Å². The van der Waals surface area contributed by atoms with Gasteiger partial charge < -0.3 is 0 Å². The van der Waals surface area contributed by atoms with Crippen molar-refractivity contribution in [1.82, 2.24) is 0 Å². The Balaban J connectivity index is 0. The van der Waals surface area contributed by atoms with E-state index in [-0.39, 0.29) is 26.3 Å². The van der Waals surface area contributed by atoms with E-state index in [1.165, 1.54) is 6.08 Å². The Kier molecular flexibility index (Phi) is 12.3. The van der Waals surface area contributed by atoms with Gasteiger partial charge in [-0.1, -0.05) is 61.4 Å². The minimum Gasteiger partial charge on any atom is -0.245 e. The molecule has 18 heavy (non-hydrogen) atoms. The Hall–Kier alpha value is -1.66. The summed E-state index contributed by atoms with van der Waals surface area (Å²) < 4.78 is 0. The summed E-state index contributed by atoms with van der Waals surface area (Å²) in [6.07, 6.45) is 2.28. The fraction of sp³-hybridized carbons (Fsp3) is 0.200. The number of hydrogen-bond donors (Lipinski definition) is 0. The molecule has 0 saturated carbocycles. The Bertz CT molecular complexity index is 387. The predicted octanol–water partition coefficient (Wildman–Crippen LogP) is 3.81. The molecule has 0 fully saturated rings. The van der Waals surface area contributed by atoms with Crippen LogP contribution < -0.4 is 0 Å². The Labute approximate surface area is 124 Å². The van der Waals surface area contributed by atoms with Crippen LogP contribution in [-0.2, 0) is 20.4 Å². The van der Waals surface area contributed by atoms with Crippen LogP contribution in [0.5, 0.6) is 0 Å². The molecular formula is C15H16N2Pd. The van der Waals surface area contributed by atoms with Gasteiger partial charge in [-0.15, -0.1) is 5.92 Å². The van der Waals surface area contributed by atoms with Crippen molar-refractivity contribution in [3.63, 3.8) is 0 Å². The van der Waals surface area contributed by atoms with Gasteiger partial charge in [-0.25, -0.2) is 30.1 Å². The molecule has 1 atom stereocenters. The average Bonchev–Trinajstić information content (AvgIpc) is 2.37. The van der Waals surface area contributed by atoms with Crippen molar-refractivity contribution in [2.24, 2.45) is 0 Å². The molecule has 0 aromatic heterocycles. The monoisotopic (exact) mass is 330 g/mol. The summed E-state index contributed by atoms with van der Waals surface area (Å²) in [5, 5.41) is 17.6. The number of nitriles is 2. The summed E-state index contributed by atoms with van der Waals surface area (Å²) in [5.74, 6) is 0.241. The summed E-state index contributed by atoms with van der Waals surface area (Å²) in [6, 6.07) is 13.6. The normalized spacial score (nSPS) is 9.28. The summed E-state index contributed by atoms with van der Waals surface area (Å²) in [4.78, 5) is 0. The molecule has 0 saturated heterocycles. The third-order valence-corrected chi connectivity index (χ3v) is 2.20. The Morgan fingerprint density at radius 1 is 1.33 bits per heavy atom. The second-order valence-corrected chi connectivity index (χ2v) is 3.30. The molecule has 96 valence electrons. The fourth-order valence-electron chi connectivity index (χ4n) is 1.47. The molecule has 1 aromatic carbocycles. The molecule has 1 unspecified atom stereocenters. The van der Waals surface area contributed by atoms with Gasteiger partial charge in [-0.2, -0.15) is 5.92 Å². The minimum atomic E-state index is -0.0498. The number of hydrogen-bond acceptors (Lipinski definition) is 2. The molecule has 0 aliphatic rings. The molecule has 0 N–H and O–H groups in total. The molecular weight excluding hydrogens is 315 g/mol. The van der Waals surface area contributed by atoms with Crippen molar-refractivity contribution in [1.29, 1.82) is 10.5 Å². The summed E-state index contributed by atoms with van der Waals surface area (Å²) in [7, 11) is 0. The number of allylic oxidation sites excluding steroid dienone is 1. The van der Waals surface area contributed by atoms with Crippen LogP contribution in [0.25, 0.3) is 0 Å². The van der Waals surface area contributed by atoms with Gasteiger partial charge in [-0.05, 0) is 0 Å². The number of nitrogens with zero attached hydrogens (tertiary/aromatic N) is 2. The largest absolute Gasteiger partial charge is 2.00 e. The maximum Gasteiger partial charge on any atom is 2.00 e. The average molecular weight is 331 g/mol. The van der Waals surface area contributed by atoms with Crippen LogP contribution in [0.4, 0.5) is 0 Å². The van der Waals surface area contributed by atoms with Crippen LogP contribution in [0.3, 0.4) is 0 Å². The van der Waals surface area contributed by atoms with Crippen LogP contribution in [0.1, 0.15) is 24.8 Å². The fourth-order valence-corrected chi connectivity index (χ4v) is 1.47. The second-order valence-electron chi connectivity index (χ2n) is 3.30. The van der Waals surface area contributed by atoms with E-state index in [1.54, 1.807) is 0 Å². The van der Waals surface area contributed by atoms with Gasteiger partial charge in [0.25, 0.3) is 0 Å². The van der Waals surface area contributed by atoms with Gasteiger partial charge >= 0.3 is 20.4 Å². The van der Waals surface area contributed by atoms with E-state index in [1.807, 2.05) is 49.4 Å². The van der Waals surface area contributed by atoms with E-state index in [0.717, 1.165) is 12.0 Å². The van der Waals surface area contributed by atoms with Crippen molar-refractivity contribution >= 4 is 0 Å².